The number of rotatable bonds is 3. The fourth-order valence-electron chi connectivity index (χ4n) is 1.95. The van der Waals surface area contributed by atoms with Crippen molar-refractivity contribution in [2.24, 2.45) is 0 Å². The highest BCUT2D eigenvalue weighted by atomic mass is 16.6. The minimum absolute atomic E-state index is 0.330. The number of aliphatic hydroxyl groups is 1. The summed E-state index contributed by atoms with van der Waals surface area (Å²) in [5, 5.41) is 9.38. The molecule has 18 heavy (non-hydrogen) atoms. The van der Waals surface area contributed by atoms with Crippen molar-refractivity contribution >= 4 is 5.97 Å². The van der Waals surface area contributed by atoms with Crippen molar-refractivity contribution in [2.45, 2.75) is 12.8 Å². The molecule has 1 atom stereocenters. The highest BCUT2D eigenvalue weighted by Crippen LogP contribution is 2.11. The van der Waals surface area contributed by atoms with Gasteiger partial charge < -0.3 is 14.6 Å². The molecular formula is C13H17NO4. The van der Waals surface area contributed by atoms with Crippen molar-refractivity contribution in [3.05, 3.63) is 35.4 Å². The number of carbonyl (C=O) groups excluding carboxylic acids is 1. The first-order chi connectivity index (χ1) is 8.69. The number of ether oxygens (including phenoxy) is 2. The predicted molar refractivity (Wildman–Crippen MR) is 65.0 cm³/mol. The van der Waals surface area contributed by atoms with Crippen LogP contribution in [0.3, 0.4) is 0 Å². The second-order valence-corrected chi connectivity index (χ2v) is 4.25. The third kappa shape index (κ3) is 3.29. The summed E-state index contributed by atoms with van der Waals surface area (Å²) in [6, 6.07) is 7.29. The molecule has 5 heteroatoms. The van der Waals surface area contributed by atoms with Crippen LogP contribution >= 0.6 is 0 Å². The van der Waals surface area contributed by atoms with E-state index in [0.717, 1.165) is 18.7 Å². The van der Waals surface area contributed by atoms with Gasteiger partial charge in [-0.3, -0.25) is 4.90 Å². The van der Waals surface area contributed by atoms with E-state index in [2.05, 4.69) is 9.64 Å². The zero-order valence-electron chi connectivity index (χ0n) is 10.3. The number of aliphatic hydroxyl groups excluding tert-OH is 1. The SMILES string of the molecule is COC(=O)c1ccc(CN2CCOC(O)C2)cc1. The molecule has 5 nitrogen and oxygen atoms in total. The summed E-state index contributed by atoms with van der Waals surface area (Å²) < 4.78 is 9.70. The molecule has 1 unspecified atom stereocenters. The monoisotopic (exact) mass is 251 g/mol. The summed E-state index contributed by atoms with van der Waals surface area (Å²) in [5.41, 5.74) is 1.64. The Balaban J connectivity index is 1.95. The quantitative estimate of drug-likeness (QED) is 0.798. The van der Waals surface area contributed by atoms with Gasteiger partial charge in [-0.1, -0.05) is 12.1 Å². The number of β-amino-alcohol motifs (C(OH)–C–C–N with tert-alkyl or cyclic N) is 1. The third-order valence-corrected chi connectivity index (χ3v) is 2.91. The first-order valence-electron chi connectivity index (χ1n) is 5.88. The van der Waals surface area contributed by atoms with Crippen LogP contribution in [0.1, 0.15) is 15.9 Å². The fraction of sp³-hybridized carbons (Fsp3) is 0.462. The number of esters is 1. The maximum Gasteiger partial charge on any atom is 0.337 e. The summed E-state index contributed by atoms with van der Waals surface area (Å²) >= 11 is 0. The van der Waals surface area contributed by atoms with Crippen molar-refractivity contribution in [1.29, 1.82) is 0 Å². The van der Waals surface area contributed by atoms with Crippen molar-refractivity contribution in [3.63, 3.8) is 0 Å². The Morgan fingerprint density at radius 3 is 2.83 bits per heavy atom. The van der Waals surface area contributed by atoms with Gasteiger partial charge in [-0.05, 0) is 17.7 Å². The van der Waals surface area contributed by atoms with E-state index in [4.69, 9.17) is 4.74 Å². The summed E-state index contributed by atoms with van der Waals surface area (Å²) in [4.78, 5) is 13.4. The van der Waals surface area contributed by atoms with E-state index in [1.807, 2.05) is 12.1 Å². The Morgan fingerprint density at radius 1 is 1.50 bits per heavy atom. The van der Waals surface area contributed by atoms with Gasteiger partial charge in [-0.2, -0.15) is 0 Å². The van der Waals surface area contributed by atoms with Crippen molar-refractivity contribution < 1.29 is 19.4 Å². The van der Waals surface area contributed by atoms with Crippen molar-refractivity contribution in [1.82, 2.24) is 4.90 Å². The molecule has 0 aromatic heterocycles. The molecule has 0 bridgehead atoms. The molecule has 1 aliphatic rings. The van der Waals surface area contributed by atoms with Gasteiger partial charge in [0.25, 0.3) is 0 Å². The molecule has 2 rings (SSSR count). The molecule has 1 N–H and O–H groups in total. The molecule has 1 aromatic carbocycles. The maximum absolute atomic E-state index is 11.3. The first kappa shape index (κ1) is 13.0. The molecule has 0 saturated carbocycles. The van der Waals surface area contributed by atoms with E-state index in [9.17, 15) is 9.90 Å². The Labute approximate surface area is 106 Å². The molecule has 1 aliphatic heterocycles. The van der Waals surface area contributed by atoms with E-state index in [1.54, 1.807) is 12.1 Å². The Bertz CT molecular complexity index is 404. The molecule has 98 valence electrons. The second kappa shape index (κ2) is 5.95. The van der Waals surface area contributed by atoms with Gasteiger partial charge >= 0.3 is 5.97 Å². The van der Waals surface area contributed by atoms with E-state index in [0.29, 0.717) is 18.7 Å². The van der Waals surface area contributed by atoms with Crippen LogP contribution in [-0.2, 0) is 16.0 Å². The van der Waals surface area contributed by atoms with Crippen molar-refractivity contribution in [2.75, 3.05) is 26.8 Å². The predicted octanol–water partition coefficient (Wildman–Crippen LogP) is 0.624. The number of benzene rings is 1. The summed E-state index contributed by atoms with van der Waals surface area (Å²) in [5.74, 6) is -0.330. The summed E-state index contributed by atoms with van der Waals surface area (Å²) in [6.07, 6.45) is -0.701. The smallest absolute Gasteiger partial charge is 0.337 e. The average molecular weight is 251 g/mol. The number of hydrogen-bond donors (Lipinski definition) is 1. The first-order valence-corrected chi connectivity index (χ1v) is 5.88. The Hall–Kier alpha value is -1.43. The Morgan fingerprint density at radius 2 is 2.22 bits per heavy atom. The van der Waals surface area contributed by atoms with Gasteiger partial charge in [-0.15, -0.1) is 0 Å². The molecule has 1 saturated heterocycles. The zero-order chi connectivity index (χ0) is 13.0. The van der Waals surface area contributed by atoms with Crippen LogP contribution in [0.15, 0.2) is 24.3 Å². The standard InChI is InChI=1S/C13H17NO4/c1-17-13(16)11-4-2-10(3-5-11)8-14-6-7-18-12(15)9-14/h2-5,12,15H,6-9H2,1H3. The molecule has 0 radical (unpaired) electrons. The topological polar surface area (TPSA) is 59.0 Å². The lowest BCUT2D eigenvalue weighted by Gasteiger charge is -2.30. The van der Waals surface area contributed by atoms with Crippen LogP contribution in [0.25, 0.3) is 0 Å². The molecule has 0 aliphatic carbocycles. The van der Waals surface area contributed by atoms with E-state index in [1.165, 1.54) is 7.11 Å². The highest BCUT2D eigenvalue weighted by molar-refractivity contribution is 5.89. The minimum atomic E-state index is -0.701. The fourth-order valence-corrected chi connectivity index (χ4v) is 1.95. The second-order valence-electron chi connectivity index (χ2n) is 4.25. The van der Waals surface area contributed by atoms with Gasteiger partial charge in [0.15, 0.2) is 6.29 Å². The lowest BCUT2D eigenvalue weighted by molar-refractivity contribution is -0.147. The molecule has 1 aromatic rings. The van der Waals surface area contributed by atoms with Gasteiger partial charge in [0, 0.05) is 19.6 Å². The van der Waals surface area contributed by atoms with Gasteiger partial charge in [-0.25, -0.2) is 4.79 Å². The average Bonchev–Trinajstić information content (AvgIpc) is 2.39. The molecular weight excluding hydrogens is 234 g/mol. The maximum atomic E-state index is 11.3. The Kier molecular flexibility index (Phi) is 4.30. The van der Waals surface area contributed by atoms with E-state index < -0.39 is 6.29 Å². The summed E-state index contributed by atoms with van der Waals surface area (Å²) in [7, 11) is 1.37. The van der Waals surface area contributed by atoms with E-state index >= 15 is 0 Å². The van der Waals surface area contributed by atoms with Crippen LogP contribution in [0.2, 0.25) is 0 Å². The number of methoxy groups -OCH3 is 1. The number of carbonyl (C=O) groups is 1. The van der Waals surface area contributed by atoms with Crippen LogP contribution in [0, 0.1) is 0 Å². The van der Waals surface area contributed by atoms with Gasteiger partial charge in [0.05, 0.1) is 19.3 Å². The minimum Gasteiger partial charge on any atom is -0.465 e. The normalized spacial score (nSPS) is 20.7. The van der Waals surface area contributed by atoms with Gasteiger partial charge in [0.2, 0.25) is 0 Å². The lowest BCUT2D eigenvalue weighted by atomic mass is 10.1. The largest absolute Gasteiger partial charge is 0.465 e. The number of hydrogen-bond acceptors (Lipinski definition) is 5. The molecule has 0 amide bonds. The molecule has 1 fully saturated rings. The van der Waals surface area contributed by atoms with Crippen LogP contribution in [0.5, 0.6) is 0 Å². The lowest BCUT2D eigenvalue weighted by Crippen LogP contribution is -2.41. The van der Waals surface area contributed by atoms with Crippen LogP contribution < -0.4 is 0 Å². The van der Waals surface area contributed by atoms with Crippen molar-refractivity contribution in [3.8, 4) is 0 Å². The molecule has 1 heterocycles. The molecule has 0 spiro atoms. The third-order valence-electron chi connectivity index (χ3n) is 2.91. The highest BCUT2D eigenvalue weighted by Gasteiger charge is 2.17. The number of morpholine rings is 1. The van der Waals surface area contributed by atoms with Crippen LogP contribution in [-0.4, -0.2) is 49.1 Å². The number of nitrogens with zero attached hydrogens (tertiary/aromatic N) is 1. The van der Waals surface area contributed by atoms with Gasteiger partial charge in [0.1, 0.15) is 0 Å². The summed E-state index contributed by atoms with van der Waals surface area (Å²) in [6.45, 7) is 2.60. The zero-order valence-corrected chi connectivity index (χ0v) is 10.3. The van der Waals surface area contributed by atoms with Crippen LogP contribution in [0.4, 0.5) is 0 Å². The van der Waals surface area contributed by atoms with E-state index in [-0.39, 0.29) is 5.97 Å².